The van der Waals surface area contributed by atoms with Crippen LogP contribution in [0.2, 0.25) is 0 Å². The lowest BCUT2D eigenvalue weighted by Crippen LogP contribution is -2.30. The van der Waals surface area contributed by atoms with Crippen molar-refractivity contribution >= 4 is 11.6 Å². The molecule has 0 fully saturated rings. The second-order valence-corrected chi connectivity index (χ2v) is 9.05. The summed E-state index contributed by atoms with van der Waals surface area (Å²) in [5.74, 6) is 1.83. The summed E-state index contributed by atoms with van der Waals surface area (Å²) in [5.41, 5.74) is 7.37. The molecular formula is C23H31NO. The summed E-state index contributed by atoms with van der Waals surface area (Å²) < 4.78 is 5.33. The molecular weight excluding hydrogens is 306 g/mol. The van der Waals surface area contributed by atoms with Crippen molar-refractivity contribution in [3.05, 3.63) is 52.4 Å². The Hall–Kier alpha value is -1.83. The standard InChI is InChI=1S/C23H31NO/c1-14(2)18(12-17-9-10-24-25-17)19-13-21-20(11-15(19)3)22(5,6)16(4)23(21,7)8/h9-14,16H,1-8H3. The van der Waals surface area contributed by atoms with Gasteiger partial charge in [-0.05, 0) is 63.5 Å². The van der Waals surface area contributed by atoms with Crippen molar-refractivity contribution in [2.24, 2.45) is 11.8 Å². The summed E-state index contributed by atoms with van der Waals surface area (Å²) in [6.45, 7) is 18.7. The summed E-state index contributed by atoms with van der Waals surface area (Å²) in [5, 5.41) is 3.84. The van der Waals surface area contributed by atoms with E-state index in [0.29, 0.717) is 11.8 Å². The second-order valence-electron chi connectivity index (χ2n) is 9.05. The molecule has 0 N–H and O–H groups in total. The average molecular weight is 338 g/mol. The summed E-state index contributed by atoms with van der Waals surface area (Å²) in [4.78, 5) is 0. The van der Waals surface area contributed by atoms with E-state index < -0.39 is 0 Å². The minimum Gasteiger partial charge on any atom is -0.357 e. The number of hydrogen-bond donors (Lipinski definition) is 0. The van der Waals surface area contributed by atoms with E-state index in [1.807, 2.05) is 6.07 Å². The van der Waals surface area contributed by atoms with E-state index in [-0.39, 0.29) is 10.8 Å². The Bertz CT molecular complexity index is 807. The highest BCUT2D eigenvalue weighted by atomic mass is 16.5. The first-order chi connectivity index (χ1) is 11.6. The maximum absolute atomic E-state index is 5.33. The molecule has 0 saturated heterocycles. The molecule has 134 valence electrons. The molecule has 2 nitrogen and oxygen atoms in total. The van der Waals surface area contributed by atoms with Crippen LogP contribution in [0.3, 0.4) is 0 Å². The van der Waals surface area contributed by atoms with Crippen LogP contribution in [0.25, 0.3) is 11.6 Å². The van der Waals surface area contributed by atoms with Crippen LogP contribution in [0, 0.1) is 18.8 Å². The number of fused-ring (bicyclic) bond motifs is 1. The largest absolute Gasteiger partial charge is 0.357 e. The molecule has 0 amide bonds. The van der Waals surface area contributed by atoms with Gasteiger partial charge < -0.3 is 4.52 Å². The van der Waals surface area contributed by atoms with Gasteiger partial charge >= 0.3 is 0 Å². The van der Waals surface area contributed by atoms with Gasteiger partial charge in [-0.15, -0.1) is 0 Å². The van der Waals surface area contributed by atoms with Crippen molar-refractivity contribution in [2.45, 2.75) is 66.2 Å². The van der Waals surface area contributed by atoms with Gasteiger partial charge in [-0.3, -0.25) is 0 Å². The van der Waals surface area contributed by atoms with Gasteiger partial charge in [0.15, 0.2) is 5.76 Å². The van der Waals surface area contributed by atoms with Crippen molar-refractivity contribution in [2.75, 3.05) is 0 Å². The zero-order valence-electron chi connectivity index (χ0n) is 16.9. The highest BCUT2D eigenvalue weighted by molar-refractivity contribution is 5.83. The molecule has 1 unspecified atom stereocenters. The third-order valence-corrected chi connectivity index (χ3v) is 6.61. The van der Waals surface area contributed by atoms with Crippen LogP contribution in [0.1, 0.15) is 76.5 Å². The molecule has 0 bridgehead atoms. The van der Waals surface area contributed by atoms with Crippen LogP contribution in [0.5, 0.6) is 0 Å². The molecule has 0 saturated carbocycles. The van der Waals surface area contributed by atoms with Gasteiger partial charge in [0.1, 0.15) is 0 Å². The highest BCUT2D eigenvalue weighted by Gasteiger charge is 2.48. The van der Waals surface area contributed by atoms with E-state index in [4.69, 9.17) is 4.52 Å². The lowest BCUT2D eigenvalue weighted by atomic mass is 9.71. The number of aryl methyl sites for hydroxylation is 1. The van der Waals surface area contributed by atoms with Crippen molar-refractivity contribution in [1.82, 2.24) is 5.16 Å². The molecule has 0 spiro atoms. The topological polar surface area (TPSA) is 26.0 Å². The summed E-state index contributed by atoms with van der Waals surface area (Å²) in [7, 11) is 0. The Labute approximate surface area is 152 Å². The molecule has 2 heteroatoms. The number of benzene rings is 1. The Kier molecular flexibility index (Phi) is 4.21. The van der Waals surface area contributed by atoms with Crippen molar-refractivity contribution in [1.29, 1.82) is 0 Å². The second kappa shape index (κ2) is 5.86. The first-order valence-electron chi connectivity index (χ1n) is 9.35. The quantitative estimate of drug-likeness (QED) is 0.649. The lowest BCUT2D eigenvalue weighted by Gasteiger charge is -2.32. The minimum absolute atomic E-state index is 0.176. The smallest absolute Gasteiger partial charge is 0.159 e. The SMILES string of the molecule is Cc1cc2c(cc1C(=Cc1ccno1)C(C)C)C(C)(C)C(C)C2(C)C. The zero-order chi connectivity index (χ0) is 18.6. The van der Waals surface area contributed by atoms with E-state index in [9.17, 15) is 0 Å². The van der Waals surface area contributed by atoms with Crippen LogP contribution < -0.4 is 0 Å². The maximum Gasteiger partial charge on any atom is 0.159 e. The minimum atomic E-state index is 0.176. The van der Waals surface area contributed by atoms with Crippen LogP contribution in [0.4, 0.5) is 0 Å². The molecule has 0 radical (unpaired) electrons. The fourth-order valence-electron chi connectivity index (χ4n) is 4.46. The first-order valence-corrected chi connectivity index (χ1v) is 9.35. The van der Waals surface area contributed by atoms with Gasteiger partial charge in [-0.2, -0.15) is 0 Å². The first kappa shape index (κ1) is 18.0. The molecule has 2 aromatic rings. The third-order valence-electron chi connectivity index (χ3n) is 6.61. The van der Waals surface area contributed by atoms with Crippen LogP contribution in [0.15, 0.2) is 28.9 Å². The van der Waals surface area contributed by atoms with Gasteiger partial charge in [0.25, 0.3) is 0 Å². The van der Waals surface area contributed by atoms with E-state index in [0.717, 1.165) is 5.76 Å². The van der Waals surface area contributed by atoms with Crippen molar-refractivity contribution < 1.29 is 4.52 Å². The van der Waals surface area contributed by atoms with E-state index >= 15 is 0 Å². The zero-order valence-corrected chi connectivity index (χ0v) is 16.9. The predicted molar refractivity (Wildman–Crippen MR) is 106 cm³/mol. The number of rotatable bonds is 3. The molecule has 1 aliphatic rings. The monoisotopic (exact) mass is 337 g/mol. The van der Waals surface area contributed by atoms with Gasteiger partial charge in [0.2, 0.25) is 0 Å². The third kappa shape index (κ3) is 2.76. The number of allylic oxidation sites excluding steroid dienone is 1. The van der Waals surface area contributed by atoms with Crippen LogP contribution >= 0.6 is 0 Å². The summed E-state index contributed by atoms with van der Waals surface area (Å²) in [6, 6.07) is 6.78. The van der Waals surface area contributed by atoms with E-state index in [2.05, 4.69) is 78.8 Å². The van der Waals surface area contributed by atoms with Crippen LogP contribution in [-0.2, 0) is 10.8 Å². The Balaban J connectivity index is 2.21. The van der Waals surface area contributed by atoms with Gasteiger partial charge in [0.05, 0.1) is 6.20 Å². The molecule has 1 heterocycles. The molecule has 0 aliphatic heterocycles. The molecule has 25 heavy (non-hydrogen) atoms. The normalized spacial score (nSPS) is 21.6. The summed E-state index contributed by atoms with van der Waals surface area (Å²) in [6.07, 6.45) is 3.84. The fourth-order valence-corrected chi connectivity index (χ4v) is 4.46. The van der Waals surface area contributed by atoms with Crippen molar-refractivity contribution in [3.8, 4) is 0 Å². The molecule has 1 aliphatic carbocycles. The maximum atomic E-state index is 5.33. The highest BCUT2D eigenvalue weighted by Crippen LogP contribution is 2.54. The Morgan fingerprint density at radius 1 is 1.12 bits per heavy atom. The predicted octanol–water partition coefficient (Wildman–Crippen LogP) is 6.38. The molecule has 1 aromatic heterocycles. The van der Waals surface area contributed by atoms with Crippen LogP contribution in [-0.4, -0.2) is 5.16 Å². The number of hydrogen-bond acceptors (Lipinski definition) is 2. The summed E-state index contributed by atoms with van der Waals surface area (Å²) >= 11 is 0. The fraction of sp³-hybridized carbons (Fsp3) is 0.522. The Morgan fingerprint density at radius 2 is 1.72 bits per heavy atom. The number of aromatic nitrogens is 1. The van der Waals surface area contributed by atoms with Gasteiger partial charge in [0, 0.05) is 6.07 Å². The number of nitrogens with zero attached hydrogens (tertiary/aromatic N) is 1. The van der Waals surface area contributed by atoms with Gasteiger partial charge in [-0.25, -0.2) is 0 Å². The molecule has 1 aromatic carbocycles. The van der Waals surface area contributed by atoms with Gasteiger partial charge in [-0.1, -0.05) is 65.8 Å². The average Bonchev–Trinajstić information content (AvgIpc) is 3.07. The van der Waals surface area contributed by atoms with E-state index in [1.165, 1.54) is 27.8 Å². The molecule has 3 rings (SSSR count). The Morgan fingerprint density at radius 3 is 2.24 bits per heavy atom. The van der Waals surface area contributed by atoms with E-state index in [1.54, 1.807) is 6.20 Å². The van der Waals surface area contributed by atoms with Crippen molar-refractivity contribution in [3.63, 3.8) is 0 Å². The lowest BCUT2D eigenvalue weighted by molar-refractivity contribution is 0.264. The molecule has 1 atom stereocenters.